The Morgan fingerprint density at radius 1 is 0.976 bits per heavy atom. The van der Waals surface area contributed by atoms with Crippen molar-refractivity contribution < 1.29 is 80.7 Å². The summed E-state index contributed by atoms with van der Waals surface area (Å²) in [5, 5.41) is 50.7. The zero-order valence-electron chi connectivity index (χ0n) is 22.1. The number of phosphoric acid groups is 2. The van der Waals surface area contributed by atoms with Crippen molar-refractivity contribution in [2.45, 2.75) is 48.9 Å². The predicted octanol–water partition coefficient (Wildman–Crippen LogP) is -4.75. The third-order valence-electron chi connectivity index (χ3n) is 6.28. The number of imidazole rings is 1. The van der Waals surface area contributed by atoms with Crippen molar-refractivity contribution >= 4 is 55.6 Å². The van der Waals surface area contributed by atoms with Crippen molar-refractivity contribution in [3.63, 3.8) is 0 Å². The van der Waals surface area contributed by atoms with Crippen molar-refractivity contribution in [1.29, 1.82) is 0 Å². The molecule has 2 saturated heterocycles. The lowest BCUT2D eigenvalue weighted by Gasteiger charge is -2.22. The standard InChI is InChI=1S/C16H28B2N5O16P3/c1-22-4-23(13-7(22)14(28)21-16(19)20-13)15-11(27)9(25)6(37-15)3-35-42(32,33)39-40(18,29)38-41(30,31)34-2-5-8(24)10(26)12(17)36-5/h4-6,8-12,15,24-27H,2-3,17-18H2,1H3,(H4-,19,20,21,28,30,31,32,33)/p+1/t5-,6-,8?,9?,10?,11?,12-,15-,40?/m1/s1. The van der Waals surface area contributed by atoms with Gasteiger partial charge < -0.3 is 50.5 Å². The number of aliphatic hydroxyl groups excluding tert-OH is 4. The van der Waals surface area contributed by atoms with Crippen molar-refractivity contribution in [3.8, 4) is 5.88 Å². The van der Waals surface area contributed by atoms with E-state index in [1.807, 2.05) is 0 Å². The highest BCUT2D eigenvalue weighted by molar-refractivity contribution is 7.86. The molecule has 0 aromatic carbocycles. The molecule has 234 valence electrons. The molecule has 0 spiro atoms. The van der Waals surface area contributed by atoms with E-state index in [-0.39, 0.29) is 17.1 Å². The Morgan fingerprint density at radius 2 is 1.50 bits per heavy atom. The number of aliphatic hydroxyl groups is 4. The van der Waals surface area contributed by atoms with Crippen molar-refractivity contribution in [2.24, 2.45) is 7.05 Å². The third-order valence-corrected chi connectivity index (χ3v) is 11.3. The molecule has 2 aliphatic heterocycles. The fraction of sp³-hybridized carbons (Fsp3) is 0.688. The van der Waals surface area contributed by atoms with Gasteiger partial charge >= 0.3 is 15.6 Å². The second-order valence-electron chi connectivity index (χ2n) is 9.58. The van der Waals surface area contributed by atoms with Crippen molar-refractivity contribution in [3.05, 3.63) is 6.33 Å². The Labute approximate surface area is 238 Å². The maximum absolute atomic E-state index is 12.6. The van der Waals surface area contributed by atoms with Gasteiger partial charge in [0.2, 0.25) is 18.5 Å². The molecule has 4 heterocycles. The molecule has 11 atom stereocenters. The summed E-state index contributed by atoms with van der Waals surface area (Å²) in [6, 6.07) is -0.809. The van der Waals surface area contributed by atoms with Gasteiger partial charge in [-0.1, -0.05) is 0 Å². The van der Waals surface area contributed by atoms with Gasteiger partial charge in [0.1, 0.15) is 44.5 Å². The maximum atomic E-state index is 12.6. The molecule has 26 heteroatoms. The first-order valence-corrected chi connectivity index (χ1v) is 17.0. The molecule has 2 aromatic rings. The van der Waals surface area contributed by atoms with Gasteiger partial charge in [-0.15, -0.1) is 0 Å². The highest BCUT2D eigenvalue weighted by Crippen LogP contribution is 2.67. The van der Waals surface area contributed by atoms with E-state index in [1.165, 1.54) is 30.4 Å². The number of aromatic nitrogens is 4. The largest absolute Gasteiger partial charge is 0.490 e. The topological polar surface area (TPSA) is 309 Å². The summed E-state index contributed by atoms with van der Waals surface area (Å²) in [6.07, 6.45) is -8.79. The number of hydrogen-bond acceptors (Lipinski definition) is 17. The summed E-state index contributed by atoms with van der Waals surface area (Å²) < 4.78 is 68.8. The number of anilines is 1. The summed E-state index contributed by atoms with van der Waals surface area (Å²) in [7, 11) is -11.9. The van der Waals surface area contributed by atoms with E-state index >= 15 is 0 Å². The van der Waals surface area contributed by atoms with E-state index in [1.54, 1.807) is 0 Å². The number of rotatable bonds is 11. The first kappa shape index (κ1) is 33.4. The van der Waals surface area contributed by atoms with E-state index in [2.05, 4.69) is 23.1 Å². The van der Waals surface area contributed by atoms with E-state index in [4.69, 9.17) is 19.7 Å². The molecule has 0 amide bonds. The van der Waals surface area contributed by atoms with Crippen LogP contribution in [0.25, 0.3) is 11.2 Å². The number of hydrogen-bond donors (Lipinski definition) is 8. The molecule has 0 aliphatic carbocycles. The average Bonchev–Trinajstić information content (AvgIpc) is 3.41. The SMILES string of the molecule is B[C@@H]1O[C@H](COP(=O)(O)OP(B)(=O)OP(=O)(O)OC[C@H]2O[C@@H](n3c[n+](C)c4c(O)nc(N)nc43)C(O)C2O)C(O)C1O. The van der Waals surface area contributed by atoms with E-state index in [9.17, 15) is 49.0 Å². The van der Waals surface area contributed by atoms with Crippen LogP contribution < -0.4 is 10.3 Å². The molecule has 2 aromatic heterocycles. The number of ether oxygens (including phenoxy) is 2. The lowest BCUT2D eigenvalue weighted by molar-refractivity contribution is -0.646. The molecule has 7 unspecified atom stereocenters. The second kappa shape index (κ2) is 12.1. The molecule has 0 radical (unpaired) electrons. The van der Waals surface area contributed by atoms with Crippen LogP contribution >= 0.6 is 23.1 Å². The van der Waals surface area contributed by atoms with Gasteiger partial charge in [0, 0.05) is 0 Å². The van der Waals surface area contributed by atoms with Crippen LogP contribution in [-0.4, -0.2) is 121 Å². The summed E-state index contributed by atoms with van der Waals surface area (Å²) in [5.41, 5.74) is 5.73. The van der Waals surface area contributed by atoms with Gasteiger partial charge in [-0.25, -0.2) is 22.3 Å². The van der Waals surface area contributed by atoms with Crippen LogP contribution in [0.5, 0.6) is 5.88 Å². The molecule has 4 rings (SSSR count). The number of nitrogen functional groups attached to an aromatic ring is 1. The van der Waals surface area contributed by atoms with Crippen LogP contribution in [0.15, 0.2) is 6.33 Å². The molecule has 21 nitrogen and oxygen atoms in total. The predicted molar refractivity (Wildman–Crippen MR) is 140 cm³/mol. The monoisotopic (exact) mass is 662 g/mol. The highest BCUT2D eigenvalue weighted by atomic mass is 31.3. The summed E-state index contributed by atoms with van der Waals surface area (Å²) in [5.74, 6) is -0.764. The smallest absolute Gasteiger partial charge is 0.478 e. The number of nitrogens with zero attached hydrogens (tertiary/aromatic N) is 4. The van der Waals surface area contributed by atoms with Crippen LogP contribution in [0.3, 0.4) is 0 Å². The van der Waals surface area contributed by atoms with Crippen LogP contribution in [-0.2, 0) is 47.9 Å². The molecular weight excluding hydrogens is 633 g/mol. The highest BCUT2D eigenvalue weighted by Gasteiger charge is 2.49. The number of aromatic hydroxyl groups is 1. The zero-order chi connectivity index (χ0) is 31.4. The van der Waals surface area contributed by atoms with Gasteiger partial charge in [-0.05, 0) is 0 Å². The Hall–Kier alpha value is -1.51. The van der Waals surface area contributed by atoms with E-state index < -0.39 is 91.1 Å². The van der Waals surface area contributed by atoms with E-state index in [0.717, 1.165) is 0 Å². The second-order valence-corrected chi connectivity index (χ2v) is 14.8. The quantitative estimate of drug-likeness (QED) is 0.0636. The van der Waals surface area contributed by atoms with Crippen LogP contribution in [0.2, 0.25) is 0 Å². The Morgan fingerprint density at radius 3 is 2.02 bits per heavy atom. The van der Waals surface area contributed by atoms with Gasteiger partial charge in [0.05, 0.1) is 26.3 Å². The van der Waals surface area contributed by atoms with Gasteiger partial charge in [0.25, 0.3) is 32.1 Å². The summed E-state index contributed by atoms with van der Waals surface area (Å²) in [6.45, 7) is -1.70. The molecule has 9 N–H and O–H groups in total. The van der Waals surface area contributed by atoms with Gasteiger partial charge in [-0.3, -0.25) is 13.6 Å². The number of aryl methyl sites for hydroxylation is 1. The minimum Gasteiger partial charge on any atom is -0.490 e. The van der Waals surface area contributed by atoms with Gasteiger partial charge in [-0.2, -0.15) is 14.5 Å². The number of phosphoric ester groups is 2. The number of fused-ring (bicyclic) bond motifs is 1. The molecule has 42 heavy (non-hydrogen) atoms. The van der Waals surface area contributed by atoms with Gasteiger partial charge in [0.15, 0.2) is 0 Å². The zero-order valence-corrected chi connectivity index (χ0v) is 24.8. The first-order valence-electron chi connectivity index (χ1n) is 12.0. The Kier molecular flexibility index (Phi) is 9.63. The fourth-order valence-electron chi connectivity index (χ4n) is 4.37. The van der Waals surface area contributed by atoms with E-state index in [0.29, 0.717) is 7.57 Å². The fourth-order valence-corrected chi connectivity index (χ4v) is 8.80. The van der Waals surface area contributed by atoms with Crippen LogP contribution in [0.4, 0.5) is 5.95 Å². The average molecular weight is 662 g/mol. The summed E-state index contributed by atoms with van der Waals surface area (Å²) >= 11 is 0. The minimum absolute atomic E-state index is 0.0240. The molecular formula is C16H29B2N5O16P3+. The minimum atomic E-state index is -5.33. The van der Waals surface area contributed by atoms with Crippen LogP contribution in [0.1, 0.15) is 6.23 Å². The number of nitrogens with two attached hydrogens (primary N) is 1. The molecule has 0 saturated carbocycles. The molecule has 2 aliphatic rings. The van der Waals surface area contributed by atoms with Crippen LogP contribution in [0, 0.1) is 0 Å². The lowest BCUT2D eigenvalue weighted by atomic mass is 9.93. The normalized spacial score (nSPS) is 34.3. The summed E-state index contributed by atoms with van der Waals surface area (Å²) in [4.78, 5) is 27.6. The Bertz CT molecular complexity index is 1470. The van der Waals surface area contributed by atoms with Crippen molar-refractivity contribution in [1.82, 2.24) is 14.5 Å². The van der Waals surface area contributed by atoms with Crippen molar-refractivity contribution in [2.75, 3.05) is 18.9 Å². The maximum Gasteiger partial charge on any atom is 0.478 e. The Balaban J connectivity index is 1.36. The first-order chi connectivity index (χ1) is 19.3. The molecule has 2 fully saturated rings. The molecule has 0 bridgehead atoms. The lowest BCUT2D eigenvalue weighted by Crippen LogP contribution is -2.34. The third kappa shape index (κ3) is 7.23.